The standard InChI is InChI=1S/C16H4F22O/c1-3(5(17)7(19,20)11(27,28)15(35,36)12(29,30)8(5,21)22)39-4(2)6(18)9(23,24)13(31,32)16(37,38)14(33,34)10(6,25)26/h1-2H2. The van der Waals surface area contributed by atoms with Gasteiger partial charge in [-0.05, 0) is 0 Å². The van der Waals surface area contributed by atoms with Gasteiger partial charge in [-0.2, -0.15) is 87.8 Å². The fourth-order valence-electron chi connectivity index (χ4n) is 3.43. The van der Waals surface area contributed by atoms with Crippen molar-refractivity contribution in [3.8, 4) is 0 Å². The maximum absolute atomic E-state index is 14.7. The normalized spacial score (nSPS) is 32.5. The molecule has 0 heterocycles. The minimum absolute atomic E-state index is 1.37. The smallest absolute Gasteiger partial charge is 0.384 e. The van der Waals surface area contributed by atoms with Gasteiger partial charge in [-0.1, -0.05) is 13.2 Å². The molecule has 2 saturated carbocycles. The molecule has 0 aromatic carbocycles. The van der Waals surface area contributed by atoms with Crippen LogP contribution in [0.15, 0.2) is 24.7 Å². The fraction of sp³-hybridized carbons (Fsp3) is 0.750. The first-order chi connectivity index (χ1) is 16.5. The summed E-state index contributed by atoms with van der Waals surface area (Å²) in [4.78, 5) is 0. The van der Waals surface area contributed by atoms with Crippen molar-refractivity contribution < 1.29 is 101 Å². The first-order valence-electron chi connectivity index (χ1n) is 8.77. The molecule has 39 heavy (non-hydrogen) atoms. The zero-order chi connectivity index (χ0) is 31.9. The van der Waals surface area contributed by atoms with E-state index in [4.69, 9.17) is 0 Å². The summed E-state index contributed by atoms with van der Waals surface area (Å²) in [7, 11) is 0. The maximum atomic E-state index is 14.7. The number of halogens is 22. The summed E-state index contributed by atoms with van der Waals surface area (Å²) in [6, 6.07) is 0. The summed E-state index contributed by atoms with van der Waals surface area (Å²) >= 11 is 0. The van der Waals surface area contributed by atoms with Crippen LogP contribution in [0, 0.1) is 0 Å². The van der Waals surface area contributed by atoms with E-state index in [0.717, 1.165) is 0 Å². The maximum Gasteiger partial charge on any atom is 0.384 e. The van der Waals surface area contributed by atoms with Gasteiger partial charge in [0.05, 0.1) is 0 Å². The van der Waals surface area contributed by atoms with Gasteiger partial charge in [0.25, 0.3) is 0 Å². The minimum atomic E-state index is -7.99. The van der Waals surface area contributed by atoms with Crippen LogP contribution in [0.2, 0.25) is 0 Å². The quantitative estimate of drug-likeness (QED) is 0.228. The second kappa shape index (κ2) is 7.32. The lowest BCUT2D eigenvalue weighted by Gasteiger charge is -2.54. The molecule has 0 atom stereocenters. The largest absolute Gasteiger partial charge is 0.459 e. The van der Waals surface area contributed by atoms with E-state index in [1.165, 1.54) is 13.2 Å². The summed E-state index contributed by atoms with van der Waals surface area (Å²) in [6.45, 7) is 2.75. The van der Waals surface area contributed by atoms with Crippen LogP contribution in [0.5, 0.6) is 0 Å². The van der Waals surface area contributed by atoms with Crippen LogP contribution in [0.4, 0.5) is 96.6 Å². The summed E-state index contributed by atoms with van der Waals surface area (Å²) in [6.07, 6.45) is 0. The molecule has 0 aliphatic heterocycles. The second-order valence-electron chi connectivity index (χ2n) is 8.01. The van der Waals surface area contributed by atoms with E-state index in [0.29, 0.717) is 0 Å². The van der Waals surface area contributed by atoms with Crippen LogP contribution in [0.25, 0.3) is 0 Å². The van der Waals surface area contributed by atoms with Crippen molar-refractivity contribution in [3.05, 3.63) is 24.7 Å². The van der Waals surface area contributed by atoms with Crippen LogP contribution < -0.4 is 0 Å². The molecule has 0 saturated heterocycles. The Morgan fingerprint density at radius 3 is 0.564 bits per heavy atom. The molecule has 0 aromatic rings. The summed E-state index contributed by atoms with van der Waals surface area (Å²) < 4.78 is 304. The van der Waals surface area contributed by atoms with E-state index in [9.17, 15) is 96.6 Å². The lowest BCUT2D eigenvalue weighted by atomic mass is 9.70. The minimum Gasteiger partial charge on any atom is -0.459 e. The molecule has 2 rings (SSSR count). The first kappa shape index (κ1) is 32.9. The van der Waals surface area contributed by atoms with Crippen molar-refractivity contribution in [1.82, 2.24) is 0 Å². The van der Waals surface area contributed by atoms with Gasteiger partial charge in [0.1, 0.15) is 11.5 Å². The lowest BCUT2D eigenvalue weighted by Crippen LogP contribution is -2.85. The number of hydrogen-bond donors (Lipinski definition) is 0. The predicted molar refractivity (Wildman–Crippen MR) is 76.5 cm³/mol. The Morgan fingerprint density at radius 2 is 0.410 bits per heavy atom. The number of hydrogen-bond acceptors (Lipinski definition) is 1. The van der Waals surface area contributed by atoms with E-state index in [2.05, 4.69) is 4.74 Å². The Kier molecular flexibility index (Phi) is 6.19. The van der Waals surface area contributed by atoms with Crippen molar-refractivity contribution in [3.63, 3.8) is 0 Å². The average Bonchev–Trinajstić information content (AvgIpc) is 2.74. The first-order valence-corrected chi connectivity index (χ1v) is 8.77. The highest BCUT2D eigenvalue weighted by molar-refractivity contribution is 5.38. The van der Waals surface area contributed by atoms with Crippen molar-refractivity contribution in [2.45, 2.75) is 70.6 Å². The van der Waals surface area contributed by atoms with Crippen LogP contribution in [0.3, 0.4) is 0 Å². The molecule has 1 nitrogen and oxygen atoms in total. The topological polar surface area (TPSA) is 9.23 Å². The Labute approximate surface area is 198 Å². The van der Waals surface area contributed by atoms with Crippen LogP contribution in [-0.4, -0.2) is 70.6 Å². The third-order valence-corrected chi connectivity index (χ3v) is 5.90. The number of ether oxygens (including phenoxy) is 1. The fourth-order valence-corrected chi connectivity index (χ4v) is 3.43. The number of rotatable bonds is 4. The van der Waals surface area contributed by atoms with Gasteiger partial charge >= 0.3 is 70.6 Å². The molecule has 228 valence electrons. The summed E-state index contributed by atoms with van der Waals surface area (Å²) in [5, 5.41) is 0. The second-order valence-corrected chi connectivity index (χ2v) is 8.01. The molecule has 2 aliphatic carbocycles. The van der Waals surface area contributed by atoms with Crippen molar-refractivity contribution in [1.29, 1.82) is 0 Å². The van der Waals surface area contributed by atoms with E-state index in [1.807, 2.05) is 0 Å². The third-order valence-electron chi connectivity index (χ3n) is 5.90. The Balaban J connectivity index is 2.82. The van der Waals surface area contributed by atoms with Gasteiger partial charge in [0.15, 0.2) is 0 Å². The van der Waals surface area contributed by atoms with Gasteiger partial charge < -0.3 is 4.74 Å². The monoisotopic (exact) mass is 630 g/mol. The Bertz CT molecular complexity index is 938. The highest BCUT2D eigenvalue weighted by Crippen LogP contribution is 2.73. The molecule has 0 N–H and O–H groups in total. The molecule has 0 aromatic heterocycles. The lowest BCUT2D eigenvalue weighted by molar-refractivity contribution is -0.485. The van der Waals surface area contributed by atoms with Gasteiger partial charge in [0.2, 0.25) is 0 Å². The highest BCUT2D eigenvalue weighted by Gasteiger charge is 3.04. The van der Waals surface area contributed by atoms with Crippen molar-refractivity contribution in [2.75, 3.05) is 0 Å². The molecule has 0 spiro atoms. The molecule has 2 aliphatic rings. The molecule has 0 unspecified atom stereocenters. The van der Waals surface area contributed by atoms with Crippen LogP contribution in [0.1, 0.15) is 0 Å². The molecular formula is C16H4F22O. The van der Waals surface area contributed by atoms with Crippen LogP contribution >= 0.6 is 0 Å². The number of alkyl halides is 22. The highest BCUT2D eigenvalue weighted by atomic mass is 19.4. The SMILES string of the molecule is C=C(OC(=C)C1(F)C(F)(F)C(F)(F)C(F)(F)C(F)(F)C1(F)F)C1(F)C(F)(F)C(F)(F)C(F)(F)C(F)(F)C1(F)F. The third kappa shape index (κ3) is 2.75. The van der Waals surface area contributed by atoms with E-state index in [-0.39, 0.29) is 0 Å². The molecule has 0 radical (unpaired) electrons. The van der Waals surface area contributed by atoms with Gasteiger partial charge in [-0.15, -0.1) is 0 Å². The summed E-state index contributed by atoms with van der Waals surface area (Å²) in [5.74, 6) is -88.1. The van der Waals surface area contributed by atoms with Gasteiger partial charge in [0, 0.05) is 0 Å². The number of allylic oxidation sites excluding steroid dienone is 2. The molecule has 0 amide bonds. The van der Waals surface area contributed by atoms with E-state index >= 15 is 0 Å². The van der Waals surface area contributed by atoms with Gasteiger partial charge in [-0.3, -0.25) is 0 Å². The van der Waals surface area contributed by atoms with Crippen molar-refractivity contribution in [2.24, 2.45) is 0 Å². The molecular weight excluding hydrogens is 626 g/mol. The van der Waals surface area contributed by atoms with Crippen molar-refractivity contribution >= 4 is 0 Å². The summed E-state index contributed by atoms with van der Waals surface area (Å²) in [5.41, 5.74) is -15.3. The molecule has 2 fully saturated rings. The zero-order valence-electron chi connectivity index (χ0n) is 17.1. The van der Waals surface area contributed by atoms with Gasteiger partial charge in [-0.25, -0.2) is 8.78 Å². The zero-order valence-corrected chi connectivity index (χ0v) is 17.1. The molecule has 0 bridgehead atoms. The van der Waals surface area contributed by atoms with E-state index < -0.39 is 82.1 Å². The Morgan fingerprint density at radius 1 is 0.282 bits per heavy atom. The molecule has 23 heteroatoms. The average molecular weight is 630 g/mol. The predicted octanol–water partition coefficient (Wildman–Crippen LogP) is 7.83. The van der Waals surface area contributed by atoms with E-state index in [1.54, 1.807) is 0 Å². The van der Waals surface area contributed by atoms with Crippen LogP contribution in [-0.2, 0) is 4.74 Å². The Hall–Kier alpha value is -2.26.